The topological polar surface area (TPSA) is 70.7 Å². The summed E-state index contributed by atoms with van der Waals surface area (Å²) in [6, 6.07) is -0.357. The van der Waals surface area contributed by atoms with Crippen molar-refractivity contribution >= 4 is 12.1 Å². The van der Waals surface area contributed by atoms with Gasteiger partial charge in [0.15, 0.2) is 0 Å². The fourth-order valence-electron chi connectivity index (χ4n) is 1.23. The first-order valence-corrected chi connectivity index (χ1v) is 5.23. The number of hydrazine groups is 1. The van der Waals surface area contributed by atoms with Crippen LogP contribution in [-0.4, -0.2) is 36.8 Å². The van der Waals surface area contributed by atoms with E-state index >= 15 is 0 Å². The van der Waals surface area contributed by atoms with Gasteiger partial charge in [0.1, 0.15) is 6.61 Å². The zero-order valence-electron chi connectivity index (χ0n) is 8.91. The van der Waals surface area contributed by atoms with Gasteiger partial charge in [-0.25, -0.2) is 20.0 Å². The van der Waals surface area contributed by atoms with Crippen molar-refractivity contribution in [2.75, 3.05) is 19.7 Å². The molecule has 0 aromatic carbocycles. The Morgan fingerprint density at radius 2 is 2.33 bits per heavy atom. The Morgan fingerprint density at radius 3 is 2.93 bits per heavy atom. The lowest BCUT2D eigenvalue weighted by Gasteiger charge is -2.14. The average molecular weight is 215 g/mol. The summed E-state index contributed by atoms with van der Waals surface area (Å²) in [7, 11) is 0. The van der Waals surface area contributed by atoms with Crippen LogP contribution in [0.15, 0.2) is 0 Å². The fraction of sp³-hybridized carbons (Fsp3) is 0.778. The minimum Gasteiger partial charge on any atom is -0.446 e. The Balaban J connectivity index is 2.10. The van der Waals surface area contributed by atoms with Gasteiger partial charge in [0, 0.05) is 6.54 Å². The van der Waals surface area contributed by atoms with Crippen molar-refractivity contribution in [2.24, 2.45) is 0 Å². The Labute approximate surface area is 88.9 Å². The molecule has 0 aromatic heterocycles. The summed E-state index contributed by atoms with van der Waals surface area (Å²) in [5.41, 5.74) is 2.41. The number of carbonyl (C=O) groups is 2. The molecule has 1 aliphatic heterocycles. The molecule has 1 rings (SSSR count). The Morgan fingerprint density at radius 1 is 1.53 bits per heavy atom. The van der Waals surface area contributed by atoms with E-state index in [9.17, 15) is 9.59 Å². The molecule has 0 bridgehead atoms. The molecule has 0 spiro atoms. The number of rotatable bonds is 5. The second-order valence-corrected chi connectivity index (χ2v) is 3.34. The van der Waals surface area contributed by atoms with E-state index in [1.165, 1.54) is 0 Å². The highest BCUT2D eigenvalue weighted by Gasteiger charge is 2.23. The van der Waals surface area contributed by atoms with Crippen molar-refractivity contribution < 1.29 is 14.3 Å². The number of carbonyl (C=O) groups excluding carboxylic acids is 2. The standard InChI is InChI=1S/C9H17N3O3/c1-2-3-4-5-10-8(13)11-12-6-7-15-9(12)14/h2-7H2,1H3,(H2,10,11,13). The molecule has 86 valence electrons. The number of unbranched alkanes of at least 4 members (excludes halogenated alkanes) is 2. The zero-order valence-corrected chi connectivity index (χ0v) is 8.91. The number of amides is 3. The van der Waals surface area contributed by atoms with Gasteiger partial charge in [-0.05, 0) is 6.42 Å². The number of nitrogens with one attached hydrogen (secondary N) is 2. The molecular formula is C9H17N3O3. The van der Waals surface area contributed by atoms with E-state index in [0.29, 0.717) is 19.7 Å². The van der Waals surface area contributed by atoms with Crippen molar-refractivity contribution in [3.05, 3.63) is 0 Å². The smallest absolute Gasteiger partial charge is 0.428 e. The van der Waals surface area contributed by atoms with Crippen molar-refractivity contribution in [2.45, 2.75) is 26.2 Å². The summed E-state index contributed by atoms with van der Waals surface area (Å²) >= 11 is 0. The normalized spacial score (nSPS) is 15.0. The van der Waals surface area contributed by atoms with Crippen molar-refractivity contribution in [3.63, 3.8) is 0 Å². The van der Waals surface area contributed by atoms with Crippen LogP contribution in [0.3, 0.4) is 0 Å². The highest BCUT2D eigenvalue weighted by Crippen LogP contribution is 1.98. The second kappa shape index (κ2) is 6.10. The van der Waals surface area contributed by atoms with Crippen LogP contribution in [0.25, 0.3) is 0 Å². The SMILES string of the molecule is CCCCCNC(=O)NN1CCOC1=O. The first-order valence-electron chi connectivity index (χ1n) is 5.23. The van der Waals surface area contributed by atoms with Gasteiger partial charge in [-0.15, -0.1) is 0 Å². The van der Waals surface area contributed by atoms with Crippen LogP contribution in [0.4, 0.5) is 9.59 Å². The molecule has 0 saturated carbocycles. The van der Waals surface area contributed by atoms with Crippen LogP contribution < -0.4 is 10.7 Å². The van der Waals surface area contributed by atoms with Crippen molar-refractivity contribution in [3.8, 4) is 0 Å². The molecule has 1 saturated heterocycles. The maximum Gasteiger partial charge on any atom is 0.428 e. The largest absolute Gasteiger partial charge is 0.446 e. The number of hydrogen-bond acceptors (Lipinski definition) is 3. The van der Waals surface area contributed by atoms with E-state index in [-0.39, 0.29) is 6.03 Å². The summed E-state index contributed by atoms with van der Waals surface area (Å²) in [4.78, 5) is 22.2. The predicted molar refractivity (Wildman–Crippen MR) is 54.1 cm³/mol. The van der Waals surface area contributed by atoms with Crippen LogP contribution in [0.2, 0.25) is 0 Å². The van der Waals surface area contributed by atoms with Crippen molar-refractivity contribution in [1.29, 1.82) is 0 Å². The van der Waals surface area contributed by atoms with Crippen LogP contribution in [-0.2, 0) is 4.74 Å². The van der Waals surface area contributed by atoms with Gasteiger partial charge < -0.3 is 10.1 Å². The number of hydrogen-bond donors (Lipinski definition) is 2. The Kier molecular flexibility index (Phi) is 4.73. The minimum atomic E-state index is -0.501. The van der Waals surface area contributed by atoms with Crippen molar-refractivity contribution in [1.82, 2.24) is 15.8 Å². The maximum absolute atomic E-state index is 11.2. The Hall–Kier alpha value is -1.46. The number of cyclic esters (lactones) is 1. The lowest BCUT2D eigenvalue weighted by Crippen LogP contribution is -2.47. The lowest BCUT2D eigenvalue weighted by molar-refractivity contribution is 0.146. The molecule has 2 N–H and O–H groups in total. The summed E-state index contributed by atoms with van der Waals surface area (Å²) in [6.45, 7) is 3.46. The summed E-state index contributed by atoms with van der Waals surface area (Å²) in [5.74, 6) is 0. The summed E-state index contributed by atoms with van der Waals surface area (Å²) < 4.78 is 4.65. The maximum atomic E-state index is 11.2. The van der Waals surface area contributed by atoms with Gasteiger partial charge in [0.05, 0.1) is 6.54 Å². The van der Waals surface area contributed by atoms with Gasteiger partial charge in [0.2, 0.25) is 0 Å². The zero-order chi connectivity index (χ0) is 11.1. The number of nitrogens with zero attached hydrogens (tertiary/aromatic N) is 1. The van der Waals surface area contributed by atoms with Gasteiger partial charge >= 0.3 is 12.1 Å². The highest BCUT2D eigenvalue weighted by molar-refractivity contribution is 5.78. The van der Waals surface area contributed by atoms with E-state index < -0.39 is 6.09 Å². The first-order chi connectivity index (χ1) is 7.24. The third-order valence-electron chi connectivity index (χ3n) is 2.06. The molecule has 6 heteroatoms. The third-order valence-corrected chi connectivity index (χ3v) is 2.06. The Bertz CT molecular complexity index is 233. The minimum absolute atomic E-state index is 0.328. The van der Waals surface area contributed by atoms with E-state index in [0.717, 1.165) is 24.3 Å². The number of urea groups is 1. The van der Waals surface area contributed by atoms with Gasteiger partial charge in [-0.1, -0.05) is 19.8 Å². The molecule has 0 atom stereocenters. The quantitative estimate of drug-likeness (QED) is 0.668. The van der Waals surface area contributed by atoms with Gasteiger partial charge in [0.25, 0.3) is 0 Å². The molecule has 1 fully saturated rings. The van der Waals surface area contributed by atoms with Crippen LogP contribution in [0.1, 0.15) is 26.2 Å². The van der Waals surface area contributed by atoms with E-state index in [2.05, 4.69) is 22.4 Å². The predicted octanol–water partition coefficient (Wildman–Crippen LogP) is 0.843. The number of ether oxygens (including phenoxy) is 1. The molecule has 6 nitrogen and oxygen atoms in total. The van der Waals surface area contributed by atoms with E-state index in [4.69, 9.17) is 0 Å². The summed E-state index contributed by atoms with van der Waals surface area (Å²) in [5, 5.41) is 3.83. The van der Waals surface area contributed by atoms with Crippen LogP contribution in [0.5, 0.6) is 0 Å². The molecule has 1 heterocycles. The van der Waals surface area contributed by atoms with Gasteiger partial charge in [-0.2, -0.15) is 0 Å². The van der Waals surface area contributed by atoms with E-state index in [1.807, 2.05) is 0 Å². The fourth-order valence-corrected chi connectivity index (χ4v) is 1.23. The molecule has 0 aliphatic carbocycles. The van der Waals surface area contributed by atoms with Crippen LogP contribution in [0, 0.1) is 0 Å². The monoisotopic (exact) mass is 215 g/mol. The molecular weight excluding hydrogens is 198 g/mol. The molecule has 1 aliphatic rings. The first kappa shape index (κ1) is 11.6. The van der Waals surface area contributed by atoms with Crippen LogP contribution >= 0.6 is 0 Å². The van der Waals surface area contributed by atoms with Gasteiger partial charge in [-0.3, -0.25) is 0 Å². The third kappa shape index (κ3) is 4.05. The molecule has 3 amide bonds. The molecule has 15 heavy (non-hydrogen) atoms. The summed E-state index contributed by atoms with van der Waals surface area (Å²) in [6.07, 6.45) is 2.65. The van der Waals surface area contributed by atoms with E-state index in [1.54, 1.807) is 0 Å². The highest BCUT2D eigenvalue weighted by atomic mass is 16.6. The molecule has 0 unspecified atom stereocenters. The second-order valence-electron chi connectivity index (χ2n) is 3.34. The average Bonchev–Trinajstić information content (AvgIpc) is 2.59. The lowest BCUT2D eigenvalue weighted by atomic mass is 10.2. The molecule has 0 radical (unpaired) electrons. The molecule has 0 aromatic rings.